The van der Waals surface area contributed by atoms with Crippen molar-refractivity contribution in [3.63, 3.8) is 0 Å². The summed E-state index contributed by atoms with van der Waals surface area (Å²) in [6.07, 6.45) is 16.3. The molecule has 1 heterocycles. The highest BCUT2D eigenvalue weighted by Gasteiger charge is 2.15. The molecule has 3 rings (SSSR count). The highest BCUT2D eigenvalue weighted by atomic mass is 15.1. The van der Waals surface area contributed by atoms with Crippen LogP contribution in [0.5, 0.6) is 0 Å². The van der Waals surface area contributed by atoms with Crippen LogP contribution in [0, 0.1) is 0 Å². The lowest BCUT2D eigenvalue weighted by molar-refractivity contribution is 0.462. The Morgan fingerprint density at radius 1 is 0.667 bits per heavy atom. The van der Waals surface area contributed by atoms with E-state index in [1.54, 1.807) is 6.33 Å². The van der Waals surface area contributed by atoms with Crippen LogP contribution in [-0.2, 0) is 0 Å². The van der Waals surface area contributed by atoms with Crippen molar-refractivity contribution >= 4 is 11.6 Å². The van der Waals surface area contributed by atoms with Gasteiger partial charge in [-0.1, -0.05) is 44.9 Å². The summed E-state index contributed by atoms with van der Waals surface area (Å²) < 4.78 is 0. The molecule has 2 fully saturated rings. The highest BCUT2D eigenvalue weighted by molar-refractivity contribution is 5.47. The van der Waals surface area contributed by atoms with Crippen molar-refractivity contribution < 1.29 is 0 Å². The molecule has 2 N–H and O–H groups in total. The van der Waals surface area contributed by atoms with Crippen molar-refractivity contribution in [3.05, 3.63) is 12.4 Å². The molecule has 4 nitrogen and oxygen atoms in total. The smallest absolute Gasteiger partial charge is 0.131 e. The van der Waals surface area contributed by atoms with Gasteiger partial charge in [0.2, 0.25) is 0 Å². The molecule has 116 valence electrons. The summed E-state index contributed by atoms with van der Waals surface area (Å²) in [6.45, 7) is 0. The second kappa shape index (κ2) is 7.62. The SMILES string of the molecule is c1nc(NC2CCCCCC2)cc(NC2CCCCC2)n1. The lowest BCUT2D eigenvalue weighted by atomic mass is 9.95. The average Bonchev–Trinajstić information content (AvgIpc) is 2.77. The summed E-state index contributed by atoms with van der Waals surface area (Å²) in [5.74, 6) is 1.96. The van der Waals surface area contributed by atoms with Crippen LogP contribution in [0.25, 0.3) is 0 Å². The Labute approximate surface area is 128 Å². The lowest BCUT2D eigenvalue weighted by Gasteiger charge is -2.23. The molecule has 2 aliphatic carbocycles. The molecule has 2 aliphatic rings. The van der Waals surface area contributed by atoms with E-state index >= 15 is 0 Å². The third kappa shape index (κ3) is 4.58. The van der Waals surface area contributed by atoms with Crippen LogP contribution in [0.2, 0.25) is 0 Å². The van der Waals surface area contributed by atoms with Gasteiger partial charge in [-0.15, -0.1) is 0 Å². The van der Waals surface area contributed by atoms with Crippen molar-refractivity contribution in [1.29, 1.82) is 0 Å². The minimum atomic E-state index is 0.588. The first-order valence-electron chi connectivity index (χ1n) is 8.75. The molecule has 0 aromatic carbocycles. The number of nitrogens with one attached hydrogen (secondary N) is 2. The number of hydrogen-bond acceptors (Lipinski definition) is 4. The monoisotopic (exact) mass is 288 g/mol. The molecule has 0 saturated heterocycles. The number of nitrogens with zero attached hydrogens (tertiary/aromatic N) is 2. The van der Waals surface area contributed by atoms with E-state index in [1.807, 2.05) is 0 Å². The highest BCUT2D eigenvalue weighted by Crippen LogP contribution is 2.23. The summed E-state index contributed by atoms with van der Waals surface area (Å²) in [6, 6.07) is 3.27. The third-order valence-electron chi connectivity index (χ3n) is 4.83. The van der Waals surface area contributed by atoms with Gasteiger partial charge in [0, 0.05) is 18.2 Å². The standard InChI is InChI=1S/C17H28N4/c1-2-5-9-14(8-4-1)20-16-12-17(19-13-18-16)21-15-10-6-3-7-11-15/h12-15H,1-11H2,(H2,18,19,20,21). The Morgan fingerprint density at radius 2 is 1.10 bits per heavy atom. The summed E-state index contributed by atoms with van der Waals surface area (Å²) in [4.78, 5) is 8.78. The van der Waals surface area contributed by atoms with Crippen LogP contribution < -0.4 is 10.6 Å². The molecule has 1 aromatic rings. The maximum atomic E-state index is 4.39. The van der Waals surface area contributed by atoms with Crippen molar-refractivity contribution in [2.45, 2.75) is 82.7 Å². The first-order valence-corrected chi connectivity index (χ1v) is 8.75. The first-order chi connectivity index (χ1) is 10.4. The molecule has 0 amide bonds. The normalized spacial score (nSPS) is 21.7. The Hall–Kier alpha value is -1.32. The fourth-order valence-electron chi connectivity index (χ4n) is 3.60. The van der Waals surface area contributed by atoms with Gasteiger partial charge in [-0.05, 0) is 25.7 Å². The van der Waals surface area contributed by atoms with E-state index < -0.39 is 0 Å². The van der Waals surface area contributed by atoms with Gasteiger partial charge in [0.15, 0.2) is 0 Å². The summed E-state index contributed by atoms with van der Waals surface area (Å²) in [5, 5.41) is 7.19. The van der Waals surface area contributed by atoms with Crippen LogP contribution in [0.15, 0.2) is 12.4 Å². The predicted octanol–water partition coefficient (Wildman–Crippen LogP) is 4.36. The van der Waals surface area contributed by atoms with Crippen LogP contribution in [0.4, 0.5) is 11.6 Å². The first kappa shape index (κ1) is 14.6. The molecular formula is C17H28N4. The molecule has 0 bridgehead atoms. The van der Waals surface area contributed by atoms with Gasteiger partial charge in [-0.25, -0.2) is 9.97 Å². The summed E-state index contributed by atoms with van der Waals surface area (Å²) >= 11 is 0. The molecule has 0 unspecified atom stereocenters. The zero-order chi connectivity index (χ0) is 14.3. The minimum absolute atomic E-state index is 0.588. The topological polar surface area (TPSA) is 49.8 Å². The maximum Gasteiger partial charge on any atom is 0.131 e. The van der Waals surface area contributed by atoms with Crippen molar-refractivity contribution in [1.82, 2.24) is 9.97 Å². The van der Waals surface area contributed by atoms with E-state index in [4.69, 9.17) is 0 Å². The van der Waals surface area contributed by atoms with E-state index in [0.29, 0.717) is 12.1 Å². The number of anilines is 2. The van der Waals surface area contributed by atoms with Gasteiger partial charge in [0.25, 0.3) is 0 Å². The second-order valence-electron chi connectivity index (χ2n) is 6.60. The van der Waals surface area contributed by atoms with Crippen molar-refractivity contribution in [2.24, 2.45) is 0 Å². The zero-order valence-electron chi connectivity index (χ0n) is 13.0. The Balaban J connectivity index is 1.56. The molecule has 0 radical (unpaired) electrons. The van der Waals surface area contributed by atoms with Gasteiger partial charge < -0.3 is 10.6 Å². The van der Waals surface area contributed by atoms with Crippen molar-refractivity contribution in [3.8, 4) is 0 Å². The molecule has 0 aliphatic heterocycles. The predicted molar refractivity (Wildman–Crippen MR) is 87.6 cm³/mol. The zero-order valence-corrected chi connectivity index (χ0v) is 13.0. The van der Waals surface area contributed by atoms with Gasteiger partial charge in [-0.3, -0.25) is 0 Å². The average molecular weight is 288 g/mol. The summed E-state index contributed by atoms with van der Waals surface area (Å²) in [7, 11) is 0. The maximum absolute atomic E-state index is 4.39. The van der Waals surface area contributed by atoms with Gasteiger partial charge in [-0.2, -0.15) is 0 Å². The second-order valence-corrected chi connectivity index (χ2v) is 6.60. The number of aromatic nitrogens is 2. The minimum Gasteiger partial charge on any atom is -0.367 e. The summed E-state index contributed by atoms with van der Waals surface area (Å²) in [5.41, 5.74) is 0. The fourth-order valence-corrected chi connectivity index (χ4v) is 3.60. The van der Waals surface area contributed by atoms with Crippen molar-refractivity contribution in [2.75, 3.05) is 10.6 Å². The molecule has 0 atom stereocenters. The third-order valence-corrected chi connectivity index (χ3v) is 4.83. The van der Waals surface area contributed by atoms with E-state index in [1.165, 1.54) is 70.6 Å². The van der Waals surface area contributed by atoms with Gasteiger partial charge in [0.1, 0.15) is 18.0 Å². The molecule has 2 saturated carbocycles. The Bertz CT molecular complexity index is 421. The lowest BCUT2D eigenvalue weighted by Crippen LogP contribution is -2.23. The molecule has 4 heteroatoms. The van der Waals surface area contributed by atoms with E-state index in [0.717, 1.165) is 11.6 Å². The van der Waals surface area contributed by atoms with Crippen LogP contribution in [0.1, 0.15) is 70.6 Å². The van der Waals surface area contributed by atoms with Crippen LogP contribution >= 0.6 is 0 Å². The van der Waals surface area contributed by atoms with Gasteiger partial charge in [0.05, 0.1) is 0 Å². The number of hydrogen-bond donors (Lipinski definition) is 2. The Kier molecular flexibility index (Phi) is 5.30. The van der Waals surface area contributed by atoms with E-state index in [9.17, 15) is 0 Å². The van der Waals surface area contributed by atoms with Crippen LogP contribution in [0.3, 0.4) is 0 Å². The quantitative estimate of drug-likeness (QED) is 0.808. The fraction of sp³-hybridized carbons (Fsp3) is 0.765. The van der Waals surface area contributed by atoms with E-state index in [2.05, 4.69) is 26.7 Å². The molecule has 0 spiro atoms. The number of rotatable bonds is 4. The van der Waals surface area contributed by atoms with Crippen LogP contribution in [-0.4, -0.2) is 22.1 Å². The van der Waals surface area contributed by atoms with E-state index in [-0.39, 0.29) is 0 Å². The molecule has 21 heavy (non-hydrogen) atoms. The Morgan fingerprint density at radius 3 is 1.57 bits per heavy atom. The molecule has 1 aromatic heterocycles. The molecular weight excluding hydrogens is 260 g/mol. The largest absolute Gasteiger partial charge is 0.367 e. The van der Waals surface area contributed by atoms with Gasteiger partial charge >= 0.3 is 0 Å².